The fraction of sp³-hybridized carbons (Fsp3) is 0.500. The molecule has 0 saturated carbocycles. The van der Waals surface area contributed by atoms with Crippen molar-refractivity contribution in [1.82, 2.24) is 0 Å². The molecule has 0 aromatic carbocycles. The SMILES string of the molecule is N#CC1(C(O)c2ccc(Cl)s2)CCOC1. The van der Waals surface area contributed by atoms with E-state index in [1.807, 2.05) is 0 Å². The van der Waals surface area contributed by atoms with Crippen LogP contribution in [-0.2, 0) is 4.74 Å². The quantitative estimate of drug-likeness (QED) is 0.868. The number of hydrogen-bond donors (Lipinski definition) is 1. The molecule has 1 aliphatic rings. The number of nitrogens with zero attached hydrogens (tertiary/aromatic N) is 1. The molecule has 2 unspecified atom stereocenters. The molecule has 1 aliphatic heterocycles. The van der Waals surface area contributed by atoms with Crippen LogP contribution in [0, 0.1) is 16.7 Å². The summed E-state index contributed by atoms with van der Waals surface area (Å²) in [5.41, 5.74) is -0.797. The van der Waals surface area contributed by atoms with Crippen LogP contribution in [0.3, 0.4) is 0 Å². The Morgan fingerprint density at radius 2 is 2.47 bits per heavy atom. The van der Waals surface area contributed by atoms with E-state index >= 15 is 0 Å². The lowest BCUT2D eigenvalue weighted by Gasteiger charge is -2.24. The molecule has 1 aromatic heterocycles. The highest BCUT2D eigenvalue weighted by molar-refractivity contribution is 7.16. The van der Waals surface area contributed by atoms with E-state index < -0.39 is 11.5 Å². The number of thiophene rings is 1. The second-order valence-electron chi connectivity index (χ2n) is 3.61. The first-order valence-electron chi connectivity index (χ1n) is 4.60. The highest BCUT2D eigenvalue weighted by Gasteiger charge is 2.43. The van der Waals surface area contributed by atoms with E-state index in [2.05, 4.69) is 6.07 Å². The van der Waals surface area contributed by atoms with Gasteiger partial charge in [0.25, 0.3) is 0 Å². The van der Waals surface area contributed by atoms with Crippen LogP contribution in [0.1, 0.15) is 17.4 Å². The topological polar surface area (TPSA) is 53.2 Å². The molecule has 0 amide bonds. The van der Waals surface area contributed by atoms with Crippen LogP contribution in [0.4, 0.5) is 0 Å². The molecule has 5 heteroatoms. The Labute approximate surface area is 96.9 Å². The van der Waals surface area contributed by atoms with Crippen LogP contribution in [0.2, 0.25) is 4.34 Å². The van der Waals surface area contributed by atoms with Crippen molar-refractivity contribution in [3.05, 3.63) is 21.3 Å². The van der Waals surface area contributed by atoms with Crippen LogP contribution in [0.25, 0.3) is 0 Å². The Morgan fingerprint density at radius 1 is 1.67 bits per heavy atom. The van der Waals surface area contributed by atoms with Crippen molar-refractivity contribution in [2.45, 2.75) is 12.5 Å². The van der Waals surface area contributed by atoms with Crippen molar-refractivity contribution in [2.75, 3.05) is 13.2 Å². The molecule has 15 heavy (non-hydrogen) atoms. The minimum Gasteiger partial charge on any atom is -0.386 e. The molecule has 80 valence electrons. The number of aliphatic hydroxyl groups excluding tert-OH is 1. The number of rotatable bonds is 2. The summed E-state index contributed by atoms with van der Waals surface area (Å²) in [7, 11) is 0. The van der Waals surface area contributed by atoms with E-state index in [4.69, 9.17) is 21.6 Å². The third-order valence-electron chi connectivity index (χ3n) is 2.66. The van der Waals surface area contributed by atoms with Crippen molar-refractivity contribution in [1.29, 1.82) is 5.26 Å². The molecule has 0 aliphatic carbocycles. The normalized spacial score (nSPS) is 27.5. The summed E-state index contributed by atoms with van der Waals surface area (Å²) in [5.74, 6) is 0. The van der Waals surface area contributed by atoms with Gasteiger partial charge in [0, 0.05) is 11.5 Å². The van der Waals surface area contributed by atoms with Crippen molar-refractivity contribution in [3.63, 3.8) is 0 Å². The summed E-state index contributed by atoms with van der Waals surface area (Å²) in [6.07, 6.45) is -0.234. The fourth-order valence-electron chi connectivity index (χ4n) is 1.69. The highest BCUT2D eigenvalue weighted by Crippen LogP contribution is 2.43. The van der Waals surface area contributed by atoms with Gasteiger partial charge in [0.1, 0.15) is 11.5 Å². The first kappa shape index (κ1) is 10.9. The standard InChI is InChI=1S/C10H10ClNO2S/c11-8-2-1-7(15-8)9(13)10(5-12)3-4-14-6-10/h1-2,9,13H,3-4,6H2. The lowest BCUT2D eigenvalue weighted by atomic mass is 9.82. The summed E-state index contributed by atoms with van der Waals surface area (Å²) in [4.78, 5) is 0.729. The van der Waals surface area contributed by atoms with Crippen LogP contribution in [0.15, 0.2) is 12.1 Å². The second kappa shape index (κ2) is 4.11. The van der Waals surface area contributed by atoms with Crippen LogP contribution >= 0.6 is 22.9 Å². The number of nitriles is 1. The summed E-state index contributed by atoms with van der Waals surface area (Å²) in [6, 6.07) is 5.66. The van der Waals surface area contributed by atoms with Gasteiger partial charge in [-0.2, -0.15) is 5.26 Å². The smallest absolute Gasteiger partial charge is 0.113 e. The zero-order valence-corrected chi connectivity index (χ0v) is 9.51. The summed E-state index contributed by atoms with van der Waals surface area (Å²) in [5, 5.41) is 19.3. The molecule has 2 heterocycles. The Bertz CT molecular complexity index is 392. The fourth-order valence-corrected chi connectivity index (χ4v) is 2.86. The number of ether oxygens (including phenoxy) is 1. The van der Waals surface area contributed by atoms with Gasteiger partial charge in [0.2, 0.25) is 0 Å². The van der Waals surface area contributed by atoms with Crippen molar-refractivity contribution >= 4 is 22.9 Å². The number of aliphatic hydroxyl groups is 1. The molecule has 0 bridgehead atoms. The Hall–Kier alpha value is -0.600. The van der Waals surface area contributed by atoms with E-state index in [1.165, 1.54) is 11.3 Å². The van der Waals surface area contributed by atoms with E-state index in [0.717, 1.165) is 4.88 Å². The van der Waals surface area contributed by atoms with Crippen LogP contribution in [-0.4, -0.2) is 18.3 Å². The number of halogens is 1. The van der Waals surface area contributed by atoms with Crippen molar-refractivity contribution in [2.24, 2.45) is 5.41 Å². The van der Waals surface area contributed by atoms with Gasteiger partial charge in [-0.05, 0) is 18.6 Å². The molecule has 0 radical (unpaired) electrons. The third kappa shape index (κ3) is 1.88. The Balaban J connectivity index is 2.26. The zero-order chi connectivity index (χ0) is 10.9. The van der Waals surface area contributed by atoms with Crippen molar-refractivity contribution < 1.29 is 9.84 Å². The monoisotopic (exact) mass is 243 g/mol. The summed E-state index contributed by atoms with van der Waals surface area (Å²) in [6.45, 7) is 0.823. The van der Waals surface area contributed by atoms with E-state index in [-0.39, 0.29) is 0 Å². The van der Waals surface area contributed by atoms with Gasteiger partial charge in [-0.1, -0.05) is 11.6 Å². The molecule has 1 saturated heterocycles. The van der Waals surface area contributed by atoms with Gasteiger partial charge in [-0.3, -0.25) is 0 Å². The second-order valence-corrected chi connectivity index (χ2v) is 5.36. The maximum Gasteiger partial charge on any atom is 0.113 e. The zero-order valence-electron chi connectivity index (χ0n) is 7.94. The molecular weight excluding hydrogens is 234 g/mol. The molecular formula is C10H10ClNO2S. The maximum atomic E-state index is 10.1. The molecule has 2 rings (SSSR count). The van der Waals surface area contributed by atoms with Gasteiger partial charge in [-0.25, -0.2) is 0 Å². The van der Waals surface area contributed by atoms with Gasteiger partial charge in [0.15, 0.2) is 0 Å². The van der Waals surface area contributed by atoms with Crippen LogP contribution < -0.4 is 0 Å². The van der Waals surface area contributed by atoms with E-state index in [0.29, 0.717) is 24.0 Å². The average molecular weight is 244 g/mol. The lowest BCUT2D eigenvalue weighted by Crippen LogP contribution is -2.27. The van der Waals surface area contributed by atoms with Crippen molar-refractivity contribution in [3.8, 4) is 6.07 Å². The first-order valence-corrected chi connectivity index (χ1v) is 5.80. The van der Waals surface area contributed by atoms with E-state index in [9.17, 15) is 5.11 Å². The summed E-state index contributed by atoms with van der Waals surface area (Å²) >= 11 is 7.10. The Kier molecular flexibility index (Phi) is 2.98. The van der Waals surface area contributed by atoms with Crippen LogP contribution in [0.5, 0.6) is 0 Å². The first-order chi connectivity index (χ1) is 7.18. The predicted octanol–water partition coefficient (Wildman–Crippen LogP) is 2.37. The molecule has 2 atom stereocenters. The lowest BCUT2D eigenvalue weighted by molar-refractivity contribution is 0.0530. The minimum atomic E-state index is -0.803. The molecule has 1 aromatic rings. The van der Waals surface area contributed by atoms with Gasteiger partial charge >= 0.3 is 0 Å². The molecule has 0 spiro atoms. The highest BCUT2D eigenvalue weighted by atomic mass is 35.5. The average Bonchev–Trinajstić information content (AvgIpc) is 2.86. The molecule has 1 N–H and O–H groups in total. The Morgan fingerprint density at radius 3 is 2.93 bits per heavy atom. The maximum absolute atomic E-state index is 10.1. The number of hydrogen-bond acceptors (Lipinski definition) is 4. The van der Waals surface area contributed by atoms with Gasteiger partial charge in [0.05, 0.1) is 17.0 Å². The summed E-state index contributed by atoms with van der Waals surface area (Å²) < 4.78 is 5.81. The van der Waals surface area contributed by atoms with Gasteiger partial charge in [-0.15, -0.1) is 11.3 Å². The third-order valence-corrected chi connectivity index (χ3v) is 3.95. The van der Waals surface area contributed by atoms with Gasteiger partial charge < -0.3 is 9.84 Å². The molecule has 3 nitrogen and oxygen atoms in total. The van der Waals surface area contributed by atoms with E-state index in [1.54, 1.807) is 12.1 Å². The predicted molar refractivity (Wildman–Crippen MR) is 57.8 cm³/mol. The molecule has 1 fully saturated rings. The largest absolute Gasteiger partial charge is 0.386 e. The minimum absolute atomic E-state index is 0.292.